The number of benzene rings is 1. The summed E-state index contributed by atoms with van der Waals surface area (Å²) in [5.74, 6) is -0.317. The maximum absolute atomic E-state index is 11.1. The Morgan fingerprint density at radius 1 is 1.33 bits per heavy atom. The lowest BCUT2D eigenvalue weighted by Crippen LogP contribution is -2.21. The molecule has 6 heteroatoms. The summed E-state index contributed by atoms with van der Waals surface area (Å²) in [4.78, 5) is 11.1. The van der Waals surface area contributed by atoms with Crippen LogP contribution in [0.3, 0.4) is 0 Å². The van der Waals surface area contributed by atoms with E-state index in [1.807, 2.05) is 0 Å². The third kappa shape index (κ3) is 3.34. The normalized spacial score (nSPS) is 11.1. The highest BCUT2D eigenvalue weighted by molar-refractivity contribution is 7.90. The monoisotopic (exact) mass is 228 g/mol. The van der Waals surface area contributed by atoms with Gasteiger partial charge in [-0.15, -0.1) is 0 Å². The van der Waals surface area contributed by atoms with Gasteiger partial charge in [-0.2, -0.15) is 0 Å². The Bertz CT molecular complexity index is 451. The van der Waals surface area contributed by atoms with E-state index >= 15 is 0 Å². The first-order valence-corrected chi connectivity index (χ1v) is 6.12. The zero-order chi connectivity index (χ0) is 11.5. The number of hydrogen-bond donors (Lipinski definition) is 2. The van der Waals surface area contributed by atoms with Crippen LogP contribution in [0.1, 0.15) is 0 Å². The van der Waals surface area contributed by atoms with Crippen LogP contribution in [0.15, 0.2) is 29.2 Å². The number of rotatable bonds is 3. The number of hydrogen-bond acceptors (Lipinski definition) is 4. The van der Waals surface area contributed by atoms with Crippen molar-refractivity contribution in [2.24, 2.45) is 5.73 Å². The molecule has 15 heavy (non-hydrogen) atoms. The maximum Gasteiger partial charge on any atom is 0.238 e. The minimum absolute atomic E-state index is 0.103. The van der Waals surface area contributed by atoms with Crippen LogP contribution in [-0.4, -0.2) is 27.1 Å². The first-order chi connectivity index (χ1) is 6.93. The predicted octanol–water partition coefficient (Wildman–Crippen LogP) is -0.0127. The van der Waals surface area contributed by atoms with Crippen molar-refractivity contribution in [1.29, 1.82) is 0 Å². The molecule has 0 atom stereocenters. The van der Waals surface area contributed by atoms with Gasteiger partial charge in [-0.3, -0.25) is 4.79 Å². The topological polar surface area (TPSA) is 89.3 Å². The molecule has 1 aromatic carbocycles. The molecule has 0 radical (unpaired) electrons. The first-order valence-electron chi connectivity index (χ1n) is 4.23. The van der Waals surface area contributed by atoms with Gasteiger partial charge in [0, 0.05) is 11.9 Å². The van der Waals surface area contributed by atoms with Crippen molar-refractivity contribution in [3.8, 4) is 0 Å². The fraction of sp³-hybridized carbons (Fsp3) is 0.222. The quantitative estimate of drug-likeness (QED) is 0.761. The summed E-state index contributed by atoms with van der Waals surface area (Å²) in [5.41, 5.74) is 5.64. The minimum Gasteiger partial charge on any atom is -0.325 e. The van der Waals surface area contributed by atoms with Gasteiger partial charge < -0.3 is 11.1 Å². The molecule has 1 rings (SSSR count). The van der Waals surface area contributed by atoms with Gasteiger partial charge in [0.1, 0.15) is 0 Å². The van der Waals surface area contributed by atoms with Crippen LogP contribution >= 0.6 is 0 Å². The highest BCUT2D eigenvalue weighted by Crippen LogP contribution is 2.13. The first kappa shape index (κ1) is 11.7. The van der Waals surface area contributed by atoms with Crippen LogP contribution in [-0.2, 0) is 14.6 Å². The van der Waals surface area contributed by atoms with Crippen LogP contribution < -0.4 is 11.1 Å². The van der Waals surface area contributed by atoms with Crippen molar-refractivity contribution in [1.82, 2.24) is 0 Å². The molecule has 0 aliphatic rings. The zero-order valence-corrected chi connectivity index (χ0v) is 9.04. The van der Waals surface area contributed by atoms with Crippen molar-refractivity contribution in [2.75, 3.05) is 18.1 Å². The van der Waals surface area contributed by atoms with E-state index in [9.17, 15) is 13.2 Å². The fourth-order valence-electron chi connectivity index (χ4n) is 0.997. The SMILES string of the molecule is CS(=O)(=O)c1ccc(NC(=O)CN)cc1. The van der Waals surface area contributed by atoms with E-state index in [1.165, 1.54) is 24.3 Å². The Labute approximate surface area is 88.2 Å². The molecule has 0 aromatic heterocycles. The van der Waals surface area contributed by atoms with Crippen LogP contribution in [0.5, 0.6) is 0 Å². The summed E-state index contributed by atoms with van der Waals surface area (Å²) in [6.45, 7) is -0.103. The highest BCUT2D eigenvalue weighted by atomic mass is 32.2. The van der Waals surface area contributed by atoms with Crippen molar-refractivity contribution in [3.05, 3.63) is 24.3 Å². The highest BCUT2D eigenvalue weighted by Gasteiger charge is 2.06. The van der Waals surface area contributed by atoms with Crippen LogP contribution in [0, 0.1) is 0 Å². The Kier molecular flexibility index (Phi) is 3.43. The van der Waals surface area contributed by atoms with E-state index in [0.29, 0.717) is 5.69 Å². The Morgan fingerprint density at radius 3 is 2.27 bits per heavy atom. The number of sulfone groups is 1. The van der Waals surface area contributed by atoms with Crippen molar-refractivity contribution < 1.29 is 13.2 Å². The smallest absolute Gasteiger partial charge is 0.238 e. The molecule has 0 heterocycles. The van der Waals surface area contributed by atoms with Gasteiger partial charge >= 0.3 is 0 Å². The molecule has 0 bridgehead atoms. The Hall–Kier alpha value is -1.40. The fourth-order valence-corrected chi connectivity index (χ4v) is 1.63. The number of amides is 1. The molecular weight excluding hydrogens is 216 g/mol. The zero-order valence-electron chi connectivity index (χ0n) is 8.23. The second-order valence-corrected chi connectivity index (χ2v) is 5.06. The Morgan fingerprint density at radius 2 is 1.87 bits per heavy atom. The molecule has 1 aromatic rings. The van der Waals surface area contributed by atoms with Gasteiger partial charge in [0.25, 0.3) is 0 Å². The summed E-state index contributed by atoms with van der Waals surface area (Å²) in [6, 6.07) is 5.90. The standard InChI is InChI=1S/C9H12N2O3S/c1-15(13,14)8-4-2-7(3-5-8)11-9(12)6-10/h2-5H,6,10H2,1H3,(H,11,12). The van der Waals surface area contributed by atoms with E-state index in [4.69, 9.17) is 5.73 Å². The summed E-state index contributed by atoms with van der Waals surface area (Å²) in [7, 11) is -3.19. The lowest BCUT2D eigenvalue weighted by Gasteiger charge is -2.04. The molecular formula is C9H12N2O3S. The molecule has 0 spiro atoms. The van der Waals surface area contributed by atoms with Gasteiger partial charge in [-0.1, -0.05) is 0 Å². The van der Waals surface area contributed by atoms with E-state index in [-0.39, 0.29) is 17.3 Å². The summed E-state index contributed by atoms with van der Waals surface area (Å²) in [5, 5.41) is 2.51. The summed E-state index contributed by atoms with van der Waals surface area (Å²) in [6.07, 6.45) is 1.13. The molecule has 0 unspecified atom stereocenters. The largest absolute Gasteiger partial charge is 0.325 e. The van der Waals surface area contributed by atoms with E-state index in [0.717, 1.165) is 6.26 Å². The van der Waals surface area contributed by atoms with Crippen LogP contribution in [0.25, 0.3) is 0 Å². The molecule has 82 valence electrons. The van der Waals surface area contributed by atoms with Gasteiger partial charge in [0.15, 0.2) is 9.84 Å². The number of anilines is 1. The summed E-state index contributed by atoms with van der Waals surface area (Å²) >= 11 is 0. The van der Waals surface area contributed by atoms with Gasteiger partial charge in [0.2, 0.25) is 5.91 Å². The second kappa shape index (κ2) is 4.41. The third-order valence-electron chi connectivity index (χ3n) is 1.75. The van der Waals surface area contributed by atoms with Crippen LogP contribution in [0.2, 0.25) is 0 Å². The molecule has 0 fully saturated rings. The third-order valence-corrected chi connectivity index (χ3v) is 2.88. The molecule has 3 N–H and O–H groups in total. The van der Waals surface area contributed by atoms with Crippen molar-refractivity contribution in [2.45, 2.75) is 4.90 Å². The summed E-state index contributed by atoms with van der Waals surface area (Å²) < 4.78 is 22.2. The van der Waals surface area contributed by atoms with E-state index in [2.05, 4.69) is 5.32 Å². The van der Waals surface area contributed by atoms with Gasteiger partial charge in [0.05, 0.1) is 11.4 Å². The van der Waals surface area contributed by atoms with Crippen molar-refractivity contribution >= 4 is 21.4 Å². The van der Waals surface area contributed by atoms with Gasteiger partial charge in [-0.25, -0.2) is 8.42 Å². The lowest BCUT2D eigenvalue weighted by atomic mass is 10.3. The molecule has 0 saturated heterocycles. The molecule has 0 aliphatic heterocycles. The molecule has 1 amide bonds. The van der Waals surface area contributed by atoms with Gasteiger partial charge in [-0.05, 0) is 24.3 Å². The average molecular weight is 228 g/mol. The predicted molar refractivity (Wildman–Crippen MR) is 57.2 cm³/mol. The second-order valence-electron chi connectivity index (χ2n) is 3.05. The average Bonchev–Trinajstić information content (AvgIpc) is 2.17. The number of carbonyl (C=O) groups is 1. The molecule has 0 saturated carbocycles. The van der Waals surface area contributed by atoms with Crippen molar-refractivity contribution in [3.63, 3.8) is 0 Å². The van der Waals surface area contributed by atoms with E-state index in [1.54, 1.807) is 0 Å². The molecule has 5 nitrogen and oxygen atoms in total. The minimum atomic E-state index is -3.19. The molecule has 0 aliphatic carbocycles. The van der Waals surface area contributed by atoms with Crippen LogP contribution in [0.4, 0.5) is 5.69 Å². The maximum atomic E-state index is 11.1. The number of nitrogens with one attached hydrogen (secondary N) is 1. The van der Waals surface area contributed by atoms with E-state index < -0.39 is 9.84 Å². The Balaban J connectivity index is 2.86. The number of carbonyl (C=O) groups excluding carboxylic acids is 1. The lowest BCUT2D eigenvalue weighted by molar-refractivity contribution is -0.114. The number of nitrogens with two attached hydrogens (primary N) is 1.